The van der Waals surface area contributed by atoms with E-state index in [2.05, 4.69) is 10.2 Å². The Balaban J connectivity index is 1.57. The van der Waals surface area contributed by atoms with Gasteiger partial charge >= 0.3 is 0 Å². The quantitative estimate of drug-likeness (QED) is 0.811. The molecule has 0 bridgehead atoms. The number of nitrogens with zero attached hydrogens (tertiary/aromatic N) is 3. The summed E-state index contributed by atoms with van der Waals surface area (Å²) in [5.41, 5.74) is 0.848. The number of aromatic nitrogens is 2. The van der Waals surface area contributed by atoms with Gasteiger partial charge in [0.15, 0.2) is 0 Å². The minimum atomic E-state index is -0.0540. The van der Waals surface area contributed by atoms with Gasteiger partial charge in [-0.15, -0.1) is 5.10 Å². The lowest BCUT2D eigenvalue weighted by Gasteiger charge is -2.31. The number of ether oxygens (including phenoxy) is 1. The number of likely N-dealkylation sites (tertiary alicyclic amines) is 1. The van der Waals surface area contributed by atoms with Gasteiger partial charge in [0.25, 0.3) is 0 Å². The average Bonchev–Trinajstić information content (AvgIpc) is 3.08. The molecule has 3 rings (SSSR count). The highest BCUT2D eigenvalue weighted by Gasteiger charge is 2.24. The van der Waals surface area contributed by atoms with Crippen LogP contribution in [0.25, 0.3) is 6.08 Å². The van der Waals surface area contributed by atoms with E-state index in [9.17, 15) is 4.79 Å². The predicted molar refractivity (Wildman–Crippen MR) is 84.7 cm³/mol. The first-order valence-electron chi connectivity index (χ1n) is 7.68. The summed E-state index contributed by atoms with van der Waals surface area (Å²) in [4.78, 5) is 14.0. The smallest absolute Gasteiger partial charge is 0.246 e. The van der Waals surface area contributed by atoms with Crippen LogP contribution in [0.2, 0.25) is 0 Å². The van der Waals surface area contributed by atoms with E-state index < -0.39 is 0 Å². The van der Waals surface area contributed by atoms with Crippen molar-refractivity contribution in [3.8, 4) is 5.88 Å². The molecule has 6 heteroatoms. The van der Waals surface area contributed by atoms with Gasteiger partial charge in [-0.05, 0) is 44.0 Å². The van der Waals surface area contributed by atoms with E-state index in [1.54, 1.807) is 29.4 Å². The fourth-order valence-electron chi connectivity index (χ4n) is 2.50. The third-order valence-electron chi connectivity index (χ3n) is 3.68. The molecule has 0 aromatic carbocycles. The predicted octanol–water partition coefficient (Wildman–Crippen LogP) is 2.46. The largest absolute Gasteiger partial charge is 0.471 e. The maximum absolute atomic E-state index is 12.2. The molecule has 0 spiro atoms. The summed E-state index contributed by atoms with van der Waals surface area (Å²) < 4.78 is 11.0. The van der Waals surface area contributed by atoms with Crippen LogP contribution in [0.5, 0.6) is 5.88 Å². The van der Waals surface area contributed by atoms with Gasteiger partial charge in [0.05, 0.1) is 18.5 Å². The summed E-state index contributed by atoms with van der Waals surface area (Å²) >= 11 is 0. The molecule has 0 unspecified atom stereocenters. The normalized spacial score (nSPS) is 18.3. The lowest BCUT2D eigenvalue weighted by molar-refractivity contribution is -0.128. The van der Waals surface area contributed by atoms with Gasteiger partial charge in [-0.1, -0.05) is 0 Å². The van der Waals surface area contributed by atoms with Crippen LogP contribution >= 0.6 is 0 Å². The highest BCUT2D eigenvalue weighted by atomic mass is 16.5. The maximum Gasteiger partial charge on any atom is 0.246 e. The molecule has 1 fully saturated rings. The van der Waals surface area contributed by atoms with E-state index in [4.69, 9.17) is 9.15 Å². The van der Waals surface area contributed by atoms with E-state index >= 15 is 0 Å². The van der Waals surface area contributed by atoms with Crippen molar-refractivity contribution in [2.75, 3.05) is 13.1 Å². The number of rotatable bonds is 4. The molecule has 120 valence electrons. The van der Waals surface area contributed by atoms with Crippen LogP contribution in [-0.2, 0) is 4.79 Å². The molecule has 2 aromatic heterocycles. The van der Waals surface area contributed by atoms with Gasteiger partial charge in [-0.2, -0.15) is 5.10 Å². The van der Waals surface area contributed by atoms with Crippen molar-refractivity contribution in [3.05, 3.63) is 48.1 Å². The second-order valence-electron chi connectivity index (χ2n) is 5.53. The zero-order valence-corrected chi connectivity index (χ0v) is 13.0. The lowest BCUT2D eigenvalue weighted by Crippen LogP contribution is -2.43. The van der Waals surface area contributed by atoms with Crippen LogP contribution < -0.4 is 4.74 Å². The van der Waals surface area contributed by atoms with Crippen LogP contribution in [0.15, 0.2) is 41.0 Å². The summed E-state index contributed by atoms with van der Waals surface area (Å²) in [6.07, 6.45) is 6.55. The van der Waals surface area contributed by atoms with Crippen molar-refractivity contribution in [3.63, 3.8) is 0 Å². The SMILES string of the molecule is Cc1ccc(O[C@@H]2CCCN(C(=O)/C=C/c3ccco3)C2)nn1. The first-order chi connectivity index (χ1) is 11.2. The lowest BCUT2D eigenvalue weighted by atomic mass is 10.1. The molecule has 0 aliphatic carbocycles. The molecule has 1 saturated heterocycles. The zero-order chi connectivity index (χ0) is 16.1. The van der Waals surface area contributed by atoms with E-state index in [0.717, 1.165) is 25.1 Å². The summed E-state index contributed by atoms with van der Waals surface area (Å²) in [7, 11) is 0. The van der Waals surface area contributed by atoms with E-state index in [0.29, 0.717) is 18.2 Å². The van der Waals surface area contributed by atoms with E-state index in [1.807, 2.05) is 19.1 Å². The molecule has 1 atom stereocenters. The summed E-state index contributed by atoms with van der Waals surface area (Å²) in [5.74, 6) is 1.13. The maximum atomic E-state index is 12.2. The molecule has 1 aliphatic heterocycles. The third-order valence-corrected chi connectivity index (χ3v) is 3.68. The fourth-order valence-corrected chi connectivity index (χ4v) is 2.50. The monoisotopic (exact) mass is 313 g/mol. The topological polar surface area (TPSA) is 68.5 Å². The van der Waals surface area contributed by atoms with Crippen molar-refractivity contribution in [2.45, 2.75) is 25.9 Å². The minimum absolute atomic E-state index is 0.0373. The molecule has 1 amide bonds. The van der Waals surface area contributed by atoms with Crippen LogP contribution in [0.3, 0.4) is 0 Å². The molecule has 0 radical (unpaired) electrons. The molecular weight excluding hydrogens is 294 g/mol. The first-order valence-corrected chi connectivity index (χ1v) is 7.68. The van der Waals surface area contributed by atoms with Crippen LogP contribution in [0, 0.1) is 6.92 Å². The minimum Gasteiger partial charge on any atom is -0.471 e. The van der Waals surface area contributed by atoms with Gasteiger partial charge in [-0.3, -0.25) is 4.79 Å². The summed E-state index contributed by atoms with van der Waals surface area (Å²) in [6.45, 7) is 3.17. The second-order valence-corrected chi connectivity index (χ2v) is 5.53. The van der Waals surface area contributed by atoms with Gasteiger partial charge in [0.2, 0.25) is 11.8 Å². The number of aryl methyl sites for hydroxylation is 1. The second kappa shape index (κ2) is 7.09. The zero-order valence-electron chi connectivity index (χ0n) is 13.0. The van der Waals surface area contributed by atoms with Crippen LogP contribution in [0.4, 0.5) is 0 Å². The van der Waals surface area contributed by atoms with Crippen LogP contribution in [0.1, 0.15) is 24.3 Å². The molecule has 2 aromatic rings. The Morgan fingerprint density at radius 2 is 2.30 bits per heavy atom. The van der Waals surface area contributed by atoms with Crippen molar-refractivity contribution >= 4 is 12.0 Å². The van der Waals surface area contributed by atoms with E-state index in [-0.39, 0.29) is 12.0 Å². The number of hydrogen-bond donors (Lipinski definition) is 0. The van der Waals surface area contributed by atoms with Crippen molar-refractivity contribution in [2.24, 2.45) is 0 Å². The Bertz CT molecular complexity index is 665. The van der Waals surface area contributed by atoms with Crippen LogP contribution in [-0.4, -0.2) is 40.2 Å². The number of amides is 1. The van der Waals surface area contributed by atoms with Crippen molar-refractivity contribution in [1.29, 1.82) is 0 Å². The highest BCUT2D eigenvalue weighted by molar-refractivity contribution is 5.91. The molecule has 6 nitrogen and oxygen atoms in total. The standard InChI is InChI=1S/C17H19N3O3/c1-13-6-8-16(19-18-13)23-15-4-2-10-20(12-15)17(21)9-7-14-5-3-11-22-14/h3,5-9,11,15H,2,4,10,12H2,1H3/b9-7+/t15-/m1/s1. The summed E-state index contributed by atoms with van der Waals surface area (Å²) in [5, 5.41) is 7.99. The Labute approximate surface area is 134 Å². The number of piperidine rings is 1. The van der Waals surface area contributed by atoms with Crippen molar-refractivity contribution in [1.82, 2.24) is 15.1 Å². The fraction of sp³-hybridized carbons (Fsp3) is 0.353. The van der Waals surface area contributed by atoms with Gasteiger partial charge < -0.3 is 14.1 Å². The highest BCUT2D eigenvalue weighted by Crippen LogP contribution is 2.17. The molecular formula is C17H19N3O3. The van der Waals surface area contributed by atoms with Gasteiger partial charge in [-0.25, -0.2) is 0 Å². The summed E-state index contributed by atoms with van der Waals surface area (Å²) in [6, 6.07) is 7.26. The molecule has 23 heavy (non-hydrogen) atoms. The molecule has 0 N–H and O–H groups in total. The Kier molecular flexibility index (Phi) is 4.71. The van der Waals surface area contributed by atoms with Gasteiger partial charge in [0, 0.05) is 18.7 Å². The Hall–Kier alpha value is -2.63. The van der Waals surface area contributed by atoms with Crippen molar-refractivity contribution < 1.29 is 13.9 Å². The van der Waals surface area contributed by atoms with Gasteiger partial charge in [0.1, 0.15) is 11.9 Å². The first kappa shape index (κ1) is 15.3. The third kappa shape index (κ3) is 4.18. The average molecular weight is 313 g/mol. The molecule has 3 heterocycles. The number of furan rings is 1. The molecule has 0 saturated carbocycles. The number of carbonyl (C=O) groups is 1. The Morgan fingerprint density at radius 3 is 3.04 bits per heavy atom. The van der Waals surface area contributed by atoms with E-state index in [1.165, 1.54) is 6.08 Å². The number of carbonyl (C=O) groups excluding carboxylic acids is 1. The number of hydrogen-bond acceptors (Lipinski definition) is 5. The Morgan fingerprint density at radius 1 is 1.39 bits per heavy atom. The molecule has 1 aliphatic rings.